The second-order valence-corrected chi connectivity index (χ2v) is 6.59. The number of benzene rings is 1. The van der Waals surface area contributed by atoms with Crippen LogP contribution in [0.4, 0.5) is 0 Å². The summed E-state index contributed by atoms with van der Waals surface area (Å²) in [6.45, 7) is 4.38. The Labute approximate surface area is 135 Å². The van der Waals surface area contributed by atoms with Crippen LogP contribution in [0, 0.1) is 5.92 Å². The third-order valence-corrected chi connectivity index (χ3v) is 4.33. The van der Waals surface area contributed by atoms with Gasteiger partial charge in [-0.1, -0.05) is 44.2 Å². The molecule has 1 atom stereocenters. The molecule has 0 aliphatic heterocycles. The van der Waals surface area contributed by atoms with E-state index in [1.807, 2.05) is 32.0 Å². The normalized spacial score (nSPS) is 12.4. The first kappa shape index (κ1) is 16.6. The van der Waals surface area contributed by atoms with Crippen molar-refractivity contribution in [3.05, 3.63) is 52.0 Å². The van der Waals surface area contributed by atoms with Gasteiger partial charge < -0.3 is 10.4 Å². The van der Waals surface area contributed by atoms with Crippen LogP contribution in [-0.2, 0) is 6.42 Å². The maximum Gasteiger partial charge on any atom is 0.270 e. The quantitative estimate of drug-likeness (QED) is 0.825. The Kier molecular flexibility index (Phi) is 6.10. The molecule has 118 valence electrons. The highest BCUT2D eigenvalue weighted by Crippen LogP contribution is 2.14. The van der Waals surface area contributed by atoms with Gasteiger partial charge in [0, 0.05) is 18.3 Å². The van der Waals surface area contributed by atoms with E-state index < -0.39 is 0 Å². The van der Waals surface area contributed by atoms with Gasteiger partial charge in [-0.25, -0.2) is 4.98 Å². The molecule has 0 bridgehead atoms. The number of aliphatic hydroxyl groups excluding tert-OH is 1. The van der Waals surface area contributed by atoms with Gasteiger partial charge in [0.15, 0.2) is 0 Å². The predicted octanol–water partition coefficient (Wildman–Crippen LogP) is 2.87. The molecule has 0 saturated carbocycles. The maximum atomic E-state index is 12.0. The Hall–Kier alpha value is -1.72. The minimum atomic E-state index is -0.385. The van der Waals surface area contributed by atoms with E-state index in [2.05, 4.69) is 22.4 Å². The molecule has 1 aromatic heterocycles. The Morgan fingerprint density at radius 3 is 2.73 bits per heavy atom. The molecule has 1 aromatic carbocycles. The van der Waals surface area contributed by atoms with Crippen molar-refractivity contribution in [2.24, 2.45) is 5.92 Å². The summed E-state index contributed by atoms with van der Waals surface area (Å²) in [6, 6.07) is 10.1. The average molecular weight is 318 g/mol. The zero-order valence-corrected chi connectivity index (χ0v) is 13.8. The van der Waals surface area contributed by atoms with Crippen molar-refractivity contribution in [1.82, 2.24) is 10.3 Å². The molecule has 22 heavy (non-hydrogen) atoms. The van der Waals surface area contributed by atoms with Gasteiger partial charge in [0.2, 0.25) is 0 Å². The van der Waals surface area contributed by atoms with Crippen LogP contribution in [0.2, 0.25) is 0 Å². The Morgan fingerprint density at radius 1 is 1.32 bits per heavy atom. The topological polar surface area (TPSA) is 62.2 Å². The van der Waals surface area contributed by atoms with Crippen molar-refractivity contribution >= 4 is 17.2 Å². The van der Waals surface area contributed by atoms with Gasteiger partial charge in [0.25, 0.3) is 5.91 Å². The summed E-state index contributed by atoms with van der Waals surface area (Å²) in [5.74, 6) is 0.0279. The molecule has 2 N–H and O–H groups in total. The van der Waals surface area contributed by atoms with Crippen LogP contribution in [-0.4, -0.2) is 28.6 Å². The molecular formula is C17H22N2O2S. The number of nitrogens with one attached hydrogen (secondary N) is 1. The van der Waals surface area contributed by atoms with E-state index >= 15 is 0 Å². The molecule has 1 amide bonds. The smallest absolute Gasteiger partial charge is 0.270 e. The van der Waals surface area contributed by atoms with Crippen LogP contribution in [0.25, 0.3) is 0 Å². The van der Waals surface area contributed by atoms with Crippen LogP contribution in [0.5, 0.6) is 0 Å². The van der Waals surface area contributed by atoms with Crippen LogP contribution in [0.3, 0.4) is 0 Å². The van der Waals surface area contributed by atoms with Gasteiger partial charge in [-0.15, -0.1) is 11.3 Å². The third-order valence-electron chi connectivity index (χ3n) is 3.48. The minimum absolute atomic E-state index is 0.175. The molecule has 0 aliphatic carbocycles. The van der Waals surface area contributed by atoms with E-state index in [-0.39, 0.29) is 17.9 Å². The van der Waals surface area contributed by atoms with Crippen LogP contribution < -0.4 is 5.32 Å². The van der Waals surface area contributed by atoms with Gasteiger partial charge in [-0.3, -0.25) is 4.79 Å². The fraction of sp³-hybridized carbons (Fsp3) is 0.412. The Balaban J connectivity index is 1.84. The van der Waals surface area contributed by atoms with E-state index in [1.54, 1.807) is 5.38 Å². The van der Waals surface area contributed by atoms with E-state index in [1.165, 1.54) is 16.9 Å². The number of rotatable bonds is 7. The molecule has 0 fully saturated rings. The van der Waals surface area contributed by atoms with Crippen LogP contribution in [0.15, 0.2) is 35.7 Å². The molecule has 4 nitrogen and oxygen atoms in total. The summed E-state index contributed by atoms with van der Waals surface area (Å²) in [7, 11) is 0. The first-order valence-electron chi connectivity index (χ1n) is 7.51. The molecule has 1 heterocycles. The summed E-state index contributed by atoms with van der Waals surface area (Å²) < 4.78 is 0. The van der Waals surface area contributed by atoms with Gasteiger partial charge in [-0.05, 0) is 17.9 Å². The van der Waals surface area contributed by atoms with Gasteiger partial charge in [-0.2, -0.15) is 0 Å². The highest BCUT2D eigenvalue weighted by molar-refractivity contribution is 7.09. The molecule has 2 rings (SSSR count). The summed E-state index contributed by atoms with van der Waals surface area (Å²) in [4.78, 5) is 16.4. The fourth-order valence-electron chi connectivity index (χ4n) is 2.02. The Morgan fingerprint density at radius 2 is 2.05 bits per heavy atom. The molecule has 0 saturated heterocycles. The van der Waals surface area contributed by atoms with Gasteiger partial charge in [0.1, 0.15) is 5.69 Å². The number of carbonyl (C=O) groups excluding carboxylic acids is 1. The first-order valence-corrected chi connectivity index (χ1v) is 8.39. The zero-order valence-electron chi connectivity index (χ0n) is 13.0. The van der Waals surface area contributed by atoms with Crippen molar-refractivity contribution in [2.75, 3.05) is 6.54 Å². The van der Waals surface area contributed by atoms with Crippen molar-refractivity contribution in [3.8, 4) is 0 Å². The van der Waals surface area contributed by atoms with E-state index in [0.717, 1.165) is 11.4 Å². The van der Waals surface area contributed by atoms with E-state index in [9.17, 15) is 9.90 Å². The van der Waals surface area contributed by atoms with E-state index in [0.29, 0.717) is 18.7 Å². The van der Waals surface area contributed by atoms with Crippen molar-refractivity contribution in [2.45, 2.75) is 32.8 Å². The number of carbonyl (C=O) groups is 1. The minimum Gasteiger partial charge on any atom is -0.393 e. The standard InChI is InChI=1S/C17H22N2O2S/c1-12(2)15(20)8-9-18-17(21)14-11-22-16(19-14)10-13-6-4-3-5-7-13/h3-7,11-12,15,20H,8-10H2,1-2H3,(H,18,21). The number of amides is 1. The van der Waals surface area contributed by atoms with Gasteiger partial charge in [0.05, 0.1) is 11.1 Å². The largest absolute Gasteiger partial charge is 0.393 e. The lowest BCUT2D eigenvalue weighted by molar-refractivity contribution is 0.0916. The number of aromatic nitrogens is 1. The summed E-state index contributed by atoms with van der Waals surface area (Å²) in [5, 5.41) is 15.2. The Bertz CT molecular complexity index is 596. The highest BCUT2D eigenvalue weighted by Gasteiger charge is 2.13. The lowest BCUT2D eigenvalue weighted by atomic mass is 10.0. The number of nitrogens with zero attached hydrogens (tertiary/aromatic N) is 1. The number of hydrogen-bond donors (Lipinski definition) is 2. The van der Waals surface area contributed by atoms with Crippen molar-refractivity contribution in [3.63, 3.8) is 0 Å². The molecule has 0 radical (unpaired) electrons. The third kappa shape index (κ3) is 4.93. The van der Waals surface area contributed by atoms with Crippen LogP contribution in [0.1, 0.15) is 41.3 Å². The molecule has 1 unspecified atom stereocenters. The number of aliphatic hydroxyl groups is 1. The zero-order chi connectivity index (χ0) is 15.9. The molecule has 5 heteroatoms. The summed E-state index contributed by atoms with van der Waals surface area (Å²) >= 11 is 1.50. The molecule has 0 aliphatic rings. The van der Waals surface area contributed by atoms with Crippen LogP contribution >= 0.6 is 11.3 Å². The molecule has 0 spiro atoms. The monoisotopic (exact) mass is 318 g/mol. The predicted molar refractivity (Wildman–Crippen MR) is 89.2 cm³/mol. The summed E-state index contributed by atoms with van der Waals surface area (Å²) in [5.41, 5.74) is 1.64. The SMILES string of the molecule is CC(C)C(O)CCNC(=O)c1csc(Cc2ccccc2)n1. The number of thiazole rings is 1. The van der Waals surface area contributed by atoms with Crippen molar-refractivity contribution < 1.29 is 9.90 Å². The van der Waals surface area contributed by atoms with E-state index in [4.69, 9.17) is 0 Å². The highest BCUT2D eigenvalue weighted by atomic mass is 32.1. The lowest BCUT2D eigenvalue weighted by Gasteiger charge is -2.14. The summed E-state index contributed by atoms with van der Waals surface area (Å²) in [6.07, 6.45) is 0.916. The fourth-order valence-corrected chi connectivity index (χ4v) is 2.83. The molecular weight excluding hydrogens is 296 g/mol. The first-order chi connectivity index (χ1) is 10.6. The van der Waals surface area contributed by atoms with Crippen molar-refractivity contribution in [1.29, 1.82) is 0 Å². The maximum absolute atomic E-state index is 12.0. The van der Waals surface area contributed by atoms with Gasteiger partial charge >= 0.3 is 0 Å². The second-order valence-electron chi connectivity index (χ2n) is 5.64. The average Bonchev–Trinajstić information content (AvgIpc) is 2.96. The second kappa shape index (κ2) is 8.06. The molecule has 2 aromatic rings. The number of hydrogen-bond acceptors (Lipinski definition) is 4. The lowest BCUT2D eigenvalue weighted by Crippen LogP contribution is -2.28.